The van der Waals surface area contributed by atoms with Crippen LogP contribution >= 0.6 is 0 Å². The molecule has 25 heavy (non-hydrogen) atoms. The summed E-state index contributed by atoms with van der Waals surface area (Å²) in [5, 5.41) is 16.8. The number of fused-ring (bicyclic) bond motifs is 4. The lowest BCUT2D eigenvalue weighted by Gasteiger charge is -2.39. The Morgan fingerprint density at radius 2 is 1.84 bits per heavy atom. The van der Waals surface area contributed by atoms with Crippen molar-refractivity contribution in [2.24, 2.45) is 5.92 Å². The van der Waals surface area contributed by atoms with E-state index >= 15 is 0 Å². The van der Waals surface area contributed by atoms with E-state index in [1.54, 1.807) is 6.07 Å². The summed E-state index contributed by atoms with van der Waals surface area (Å²) in [6.07, 6.45) is 5.70. The van der Waals surface area contributed by atoms with Crippen LogP contribution < -0.4 is 5.32 Å². The molecule has 2 N–H and O–H groups in total. The van der Waals surface area contributed by atoms with Crippen molar-refractivity contribution in [3.05, 3.63) is 83.4 Å². The van der Waals surface area contributed by atoms with Gasteiger partial charge in [0.1, 0.15) is 5.75 Å². The topological polar surface area (TPSA) is 32.3 Å². The van der Waals surface area contributed by atoms with Crippen LogP contribution in [0, 0.1) is 12.8 Å². The van der Waals surface area contributed by atoms with Gasteiger partial charge in [-0.15, -0.1) is 0 Å². The van der Waals surface area contributed by atoms with Crippen LogP contribution in [-0.4, -0.2) is 5.11 Å². The fraction of sp³-hybridized carbons (Fsp3) is 0.217. The van der Waals surface area contributed by atoms with Gasteiger partial charge in [-0.05, 0) is 52.8 Å². The first-order valence-corrected chi connectivity index (χ1v) is 8.97. The Labute approximate surface area is 147 Å². The third-order valence-electron chi connectivity index (χ3n) is 5.87. The minimum absolute atomic E-state index is 0.200. The SMILES string of the molecule is Cc1ccc(O)c2c1C1C=CCC1C(c1cccc3ccccc13)N2. The highest BCUT2D eigenvalue weighted by molar-refractivity contribution is 5.87. The van der Waals surface area contributed by atoms with Gasteiger partial charge in [0.2, 0.25) is 0 Å². The van der Waals surface area contributed by atoms with Gasteiger partial charge in [-0.2, -0.15) is 0 Å². The van der Waals surface area contributed by atoms with E-state index in [0.717, 1.165) is 12.1 Å². The second-order valence-electron chi connectivity index (χ2n) is 7.23. The van der Waals surface area contributed by atoms with Crippen LogP contribution in [0.3, 0.4) is 0 Å². The Bertz CT molecular complexity index is 999. The number of nitrogens with one attached hydrogen (secondary N) is 1. The van der Waals surface area contributed by atoms with Crippen LogP contribution in [0.2, 0.25) is 0 Å². The highest BCUT2D eigenvalue weighted by atomic mass is 16.3. The maximum atomic E-state index is 10.5. The summed E-state index contributed by atoms with van der Waals surface area (Å²) in [7, 11) is 0. The van der Waals surface area contributed by atoms with Gasteiger partial charge in [0.05, 0.1) is 11.7 Å². The summed E-state index contributed by atoms with van der Waals surface area (Å²) in [4.78, 5) is 0. The Kier molecular flexibility index (Phi) is 3.14. The third kappa shape index (κ3) is 2.10. The first-order chi connectivity index (χ1) is 12.2. The molecule has 0 saturated carbocycles. The number of anilines is 1. The Morgan fingerprint density at radius 3 is 2.76 bits per heavy atom. The van der Waals surface area contributed by atoms with Gasteiger partial charge >= 0.3 is 0 Å². The van der Waals surface area contributed by atoms with Crippen molar-refractivity contribution < 1.29 is 5.11 Å². The molecular weight excluding hydrogens is 306 g/mol. The standard InChI is InChI=1S/C23H21NO/c1-14-12-13-20(25)23-21(14)17-9-5-11-19(17)22(24-23)18-10-4-7-15-6-2-3-8-16(15)18/h2-10,12-13,17,19,22,24-25H,11H2,1H3. The maximum Gasteiger partial charge on any atom is 0.139 e. The van der Waals surface area contributed by atoms with E-state index < -0.39 is 0 Å². The van der Waals surface area contributed by atoms with Crippen LogP contribution in [0.5, 0.6) is 5.75 Å². The van der Waals surface area contributed by atoms with E-state index in [2.05, 4.69) is 66.9 Å². The molecule has 1 heterocycles. The van der Waals surface area contributed by atoms with E-state index in [0.29, 0.717) is 17.6 Å². The fourth-order valence-corrected chi connectivity index (χ4v) is 4.71. The molecule has 3 unspecified atom stereocenters. The smallest absolute Gasteiger partial charge is 0.139 e. The third-order valence-corrected chi connectivity index (χ3v) is 5.87. The molecule has 2 nitrogen and oxygen atoms in total. The van der Waals surface area contributed by atoms with E-state index in [9.17, 15) is 5.11 Å². The maximum absolute atomic E-state index is 10.5. The van der Waals surface area contributed by atoms with Crippen molar-refractivity contribution in [3.63, 3.8) is 0 Å². The largest absolute Gasteiger partial charge is 0.506 e. The lowest BCUT2D eigenvalue weighted by molar-refractivity contribution is 0.415. The molecule has 0 bridgehead atoms. The average Bonchev–Trinajstić information content (AvgIpc) is 3.13. The van der Waals surface area contributed by atoms with E-state index in [4.69, 9.17) is 0 Å². The monoisotopic (exact) mass is 327 g/mol. The lowest BCUT2D eigenvalue weighted by atomic mass is 9.75. The molecular formula is C23H21NO. The molecule has 1 aliphatic heterocycles. The number of phenols is 1. The van der Waals surface area contributed by atoms with Gasteiger partial charge in [-0.1, -0.05) is 60.7 Å². The van der Waals surface area contributed by atoms with Crippen molar-refractivity contribution in [1.82, 2.24) is 0 Å². The Balaban J connectivity index is 1.72. The summed E-state index contributed by atoms with van der Waals surface area (Å²) in [5.41, 5.74) is 4.74. The molecule has 1 aliphatic carbocycles. The molecule has 5 rings (SSSR count). The number of hydrogen-bond acceptors (Lipinski definition) is 2. The van der Waals surface area contributed by atoms with Crippen LogP contribution in [0.15, 0.2) is 66.7 Å². The normalized spacial score (nSPS) is 24.0. The van der Waals surface area contributed by atoms with Gasteiger partial charge in [0.15, 0.2) is 0 Å². The zero-order chi connectivity index (χ0) is 17.0. The summed E-state index contributed by atoms with van der Waals surface area (Å²) < 4.78 is 0. The first kappa shape index (κ1) is 14.6. The summed E-state index contributed by atoms with van der Waals surface area (Å²) in [6.45, 7) is 2.14. The molecule has 0 aromatic heterocycles. The molecule has 3 aromatic rings. The molecule has 0 radical (unpaired) electrons. The van der Waals surface area contributed by atoms with Crippen LogP contribution in [-0.2, 0) is 0 Å². The van der Waals surface area contributed by atoms with E-state index in [1.807, 2.05) is 6.07 Å². The van der Waals surface area contributed by atoms with Gasteiger partial charge in [0.25, 0.3) is 0 Å². The van der Waals surface area contributed by atoms with Crippen molar-refractivity contribution in [2.45, 2.75) is 25.3 Å². The predicted octanol–water partition coefficient (Wildman–Crippen LogP) is 5.68. The van der Waals surface area contributed by atoms with Crippen LogP contribution in [0.25, 0.3) is 10.8 Å². The zero-order valence-electron chi connectivity index (χ0n) is 14.2. The number of aromatic hydroxyl groups is 1. The Hall–Kier alpha value is -2.74. The quantitative estimate of drug-likeness (QED) is 0.445. The van der Waals surface area contributed by atoms with Crippen molar-refractivity contribution in [3.8, 4) is 5.75 Å². The first-order valence-electron chi connectivity index (χ1n) is 8.97. The fourth-order valence-electron chi connectivity index (χ4n) is 4.71. The van der Waals surface area contributed by atoms with Crippen LogP contribution in [0.1, 0.15) is 35.1 Å². The minimum Gasteiger partial charge on any atom is -0.506 e. The van der Waals surface area contributed by atoms with E-state index in [1.165, 1.54) is 27.5 Å². The molecule has 2 heteroatoms. The number of rotatable bonds is 1. The molecule has 0 saturated heterocycles. The molecule has 3 atom stereocenters. The number of phenolic OH excluding ortho intramolecular Hbond substituents is 1. The second kappa shape index (κ2) is 5.38. The number of benzene rings is 3. The predicted molar refractivity (Wildman–Crippen MR) is 103 cm³/mol. The summed E-state index contributed by atoms with van der Waals surface area (Å²) in [6, 6.07) is 19.1. The highest BCUT2D eigenvalue weighted by Gasteiger charge is 2.40. The molecule has 0 fully saturated rings. The molecule has 0 spiro atoms. The van der Waals surface area contributed by atoms with Gasteiger partial charge in [-0.3, -0.25) is 0 Å². The van der Waals surface area contributed by atoms with Crippen molar-refractivity contribution >= 4 is 16.5 Å². The number of hydrogen-bond donors (Lipinski definition) is 2. The highest BCUT2D eigenvalue weighted by Crippen LogP contribution is 2.53. The minimum atomic E-state index is 0.200. The van der Waals surface area contributed by atoms with Gasteiger partial charge in [0, 0.05) is 5.92 Å². The van der Waals surface area contributed by atoms with Crippen molar-refractivity contribution in [2.75, 3.05) is 5.32 Å². The van der Waals surface area contributed by atoms with E-state index in [-0.39, 0.29) is 6.04 Å². The number of aryl methyl sites for hydroxylation is 1. The van der Waals surface area contributed by atoms with Gasteiger partial charge in [-0.25, -0.2) is 0 Å². The molecule has 124 valence electrons. The second-order valence-corrected chi connectivity index (χ2v) is 7.23. The van der Waals surface area contributed by atoms with Crippen LogP contribution in [0.4, 0.5) is 5.69 Å². The lowest BCUT2D eigenvalue weighted by Crippen LogP contribution is -2.29. The molecule has 0 amide bonds. The summed E-state index contributed by atoms with van der Waals surface area (Å²) in [5.74, 6) is 1.20. The Morgan fingerprint density at radius 1 is 1.00 bits per heavy atom. The van der Waals surface area contributed by atoms with Crippen molar-refractivity contribution in [1.29, 1.82) is 0 Å². The average molecular weight is 327 g/mol. The number of allylic oxidation sites excluding steroid dienone is 2. The van der Waals surface area contributed by atoms with Gasteiger partial charge < -0.3 is 10.4 Å². The zero-order valence-corrected chi connectivity index (χ0v) is 14.2. The molecule has 3 aromatic carbocycles. The molecule has 2 aliphatic rings. The summed E-state index contributed by atoms with van der Waals surface area (Å²) >= 11 is 0.